The lowest BCUT2D eigenvalue weighted by Crippen LogP contribution is -2.57. The van der Waals surface area contributed by atoms with Gasteiger partial charge in [-0.2, -0.15) is 22.0 Å². The SMILES string of the molecule is COC(=O)CCN1CCN(C(=O)C(F)(F)C(F)(F)F)CC1. The van der Waals surface area contributed by atoms with Gasteiger partial charge in [0.15, 0.2) is 0 Å². The zero-order valence-corrected chi connectivity index (χ0v) is 11.3. The van der Waals surface area contributed by atoms with Crippen molar-refractivity contribution in [2.45, 2.75) is 18.5 Å². The van der Waals surface area contributed by atoms with Crippen LogP contribution in [0.3, 0.4) is 0 Å². The fourth-order valence-electron chi connectivity index (χ4n) is 1.85. The first-order chi connectivity index (χ1) is 9.59. The van der Waals surface area contributed by atoms with Crippen molar-refractivity contribution in [2.24, 2.45) is 0 Å². The van der Waals surface area contributed by atoms with Gasteiger partial charge < -0.3 is 9.64 Å². The Morgan fingerprint density at radius 1 is 1.05 bits per heavy atom. The molecular weight excluding hydrogens is 303 g/mol. The zero-order valence-electron chi connectivity index (χ0n) is 11.3. The number of methoxy groups -OCH3 is 1. The minimum Gasteiger partial charge on any atom is -0.469 e. The molecule has 0 radical (unpaired) electrons. The summed E-state index contributed by atoms with van der Waals surface area (Å²) >= 11 is 0. The Kier molecular flexibility index (Phi) is 5.48. The highest BCUT2D eigenvalue weighted by Crippen LogP contribution is 2.37. The molecule has 0 aromatic heterocycles. The lowest BCUT2D eigenvalue weighted by atomic mass is 10.2. The highest BCUT2D eigenvalue weighted by Gasteiger charge is 2.64. The third kappa shape index (κ3) is 4.26. The van der Waals surface area contributed by atoms with Crippen molar-refractivity contribution < 1.29 is 36.3 Å². The number of piperazine rings is 1. The van der Waals surface area contributed by atoms with E-state index in [0.717, 1.165) is 0 Å². The number of hydrogen-bond donors (Lipinski definition) is 0. The molecule has 1 aliphatic heterocycles. The van der Waals surface area contributed by atoms with Crippen molar-refractivity contribution in [3.63, 3.8) is 0 Å². The van der Waals surface area contributed by atoms with Crippen LogP contribution in [-0.4, -0.2) is 73.6 Å². The molecular formula is C11H15F5N2O3. The number of hydrogen-bond acceptors (Lipinski definition) is 4. The number of ether oxygens (including phenoxy) is 1. The number of amides is 1. The summed E-state index contributed by atoms with van der Waals surface area (Å²) in [5.74, 6) is -8.05. The summed E-state index contributed by atoms with van der Waals surface area (Å²) in [6, 6.07) is 0. The second kappa shape index (κ2) is 6.54. The van der Waals surface area contributed by atoms with E-state index in [1.165, 1.54) is 7.11 Å². The summed E-state index contributed by atoms with van der Waals surface area (Å²) in [4.78, 5) is 24.4. The van der Waals surface area contributed by atoms with Crippen LogP contribution in [0.2, 0.25) is 0 Å². The zero-order chi connectivity index (χ0) is 16.3. The summed E-state index contributed by atoms with van der Waals surface area (Å²) in [7, 11) is 1.22. The van der Waals surface area contributed by atoms with Crippen molar-refractivity contribution in [3.8, 4) is 0 Å². The van der Waals surface area contributed by atoms with Gasteiger partial charge in [0.2, 0.25) is 0 Å². The van der Waals surface area contributed by atoms with E-state index in [-0.39, 0.29) is 32.6 Å². The molecule has 0 atom stereocenters. The molecule has 1 fully saturated rings. The van der Waals surface area contributed by atoms with Crippen molar-refractivity contribution in [1.82, 2.24) is 9.80 Å². The quantitative estimate of drug-likeness (QED) is 0.571. The molecule has 122 valence electrons. The Morgan fingerprint density at radius 2 is 1.57 bits per heavy atom. The van der Waals surface area contributed by atoms with Gasteiger partial charge in [0.05, 0.1) is 13.5 Å². The molecule has 1 heterocycles. The lowest BCUT2D eigenvalue weighted by Gasteiger charge is -2.36. The van der Waals surface area contributed by atoms with Gasteiger partial charge in [-0.3, -0.25) is 14.5 Å². The Labute approximate surface area is 117 Å². The number of halogens is 5. The van der Waals surface area contributed by atoms with Gasteiger partial charge in [-0.1, -0.05) is 0 Å². The van der Waals surface area contributed by atoms with Gasteiger partial charge in [0.1, 0.15) is 0 Å². The average Bonchev–Trinajstić information content (AvgIpc) is 2.43. The maximum Gasteiger partial charge on any atom is 0.463 e. The molecule has 0 N–H and O–H groups in total. The molecule has 0 spiro atoms. The Bertz CT molecular complexity index is 392. The fraction of sp³-hybridized carbons (Fsp3) is 0.818. The van der Waals surface area contributed by atoms with E-state index in [4.69, 9.17) is 0 Å². The Hall–Kier alpha value is -1.45. The van der Waals surface area contributed by atoms with Crippen LogP contribution in [0.5, 0.6) is 0 Å². The second-order valence-corrected chi connectivity index (χ2v) is 4.53. The first-order valence-electron chi connectivity index (χ1n) is 6.12. The Balaban J connectivity index is 2.49. The molecule has 0 saturated carbocycles. The molecule has 1 amide bonds. The number of esters is 1. The van der Waals surface area contributed by atoms with Gasteiger partial charge in [0, 0.05) is 32.7 Å². The average molecular weight is 318 g/mol. The van der Waals surface area contributed by atoms with E-state index in [2.05, 4.69) is 4.74 Å². The highest BCUT2D eigenvalue weighted by molar-refractivity contribution is 5.84. The standard InChI is InChI=1S/C11H15F5N2O3/c1-21-8(19)2-3-17-4-6-18(7-5-17)9(20)10(12,13)11(14,15)16/h2-7H2,1H3. The van der Waals surface area contributed by atoms with E-state index in [1.54, 1.807) is 4.90 Å². The monoisotopic (exact) mass is 318 g/mol. The van der Waals surface area contributed by atoms with Crippen molar-refractivity contribution in [1.29, 1.82) is 0 Å². The summed E-state index contributed by atoms with van der Waals surface area (Å²) in [5, 5.41) is 0. The van der Waals surface area contributed by atoms with E-state index in [1.807, 2.05) is 0 Å². The number of alkyl halides is 5. The molecule has 10 heteroatoms. The molecule has 0 aromatic carbocycles. The van der Waals surface area contributed by atoms with Crippen LogP contribution >= 0.6 is 0 Å². The normalized spacial score (nSPS) is 17.7. The predicted molar refractivity (Wildman–Crippen MR) is 60.7 cm³/mol. The number of carbonyl (C=O) groups is 2. The molecule has 0 aromatic rings. The van der Waals surface area contributed by atoms with Crippen LogP contribution in [0.4, 0.5) is 22.0 Å². The third-order valence-electron chi connectivity index (χ3n) is 3.14. The molecule has 21 heavy (non-hydrogen) atoms. The topological polar surface area (TPSA) is 49.9 Å². The molecule has 0 bridgehead atoms. The van der Waals surface area contributed by atoms with Gasteiger partial charge in [-0.05, 0) is 0 Å². The minimum absolute atomic E-state index is 0.0865. The van der Waals surface area contributed by atoms with Crippen LogP contribution in [0.15, 0.2) is 0 Å². The first kappa shape index (κ1) is 17.6. The van der Waals surface area contributed by atoms with Crippen LogP contribution in [0, 0.1) is 0 Å². The second-order valence-electron chi connectivity index (χ2n) is 4.53. The fourth-order valence-corrected chi connectivity index (χ4v) is 1.85. The van der Waals surface area contributed by atoms with Gasteiger partial charge in [-0.25, -0.2) is 0 Å². The summed E-state index contributed by atoms with van der Waals surface area (Å²) in [5.41, 5.74) is 0. The molecule has 1 saturated heterocycles. The van der Waals surface area contributed by atoms with Gasteiger partial charge in [0.25, 0.3) is 0 Å². The van der Waals surface area contributed by atoms with E-state index >= 15 is 0 Å². The maximum atomic E-state index is 12.9. The molecule has 5 nitrogen and oxygen atoms in total. The van der Waals surface area contributed by atoms with Crippen molar-refractivity contribution >= 4 is 11.9 Å². The summed E-state index contributed by atoms with van der Waals surface area (Å²) in [6.45, 7) is 0.0507. The smallest absolute Gasteiger partial charge is 0.463 e. The molecule has 1 aliphatic rings. The molecule has 1 rings (SSSR count). The number of carbonyl (C=O) groups excluding carboxylic acids is 2. The van der Waals surface area contributed by atoms with Crippen LogP contribution < -0.4 is 0 Å². The highest BCUT2D eigenvalue weighted by atomic mass is 19.4. The van der Waals surface area contributed by atoms with E-state index in [9.17, 15) is 31.5 Å². The number of rotatable bonds is 4. The minimum atomic E-state index is -5.90. The largest absolute Gasteiger partial charge is 0.469 e. The van der Waals surface area contributed by atoms with E-state index < -0.39 is 24.0 Å². The summed E-state index contributed by atoms with van der Waals surface area (Å²) < 4.78 is 66.6. The van der Waals surface area contributed by atoms with Crippen LogP contribution in [-0.2, 0) is 14.3 Å². The Morgan fingerprint density at radius 3 is 2.00 bits per heavy atom. The third-order valence-corrected chi connectivity index (χ3v) is 3.14. The maximum absolute atomic E-state index is 12.9. The molecule has 0 aliphatic carbocycles. The van der Waals surface area contributed by atoms with Gasteiger partial charge in [-0.15, -0.1) is 0 Å². The van der Waals surface area contributed by atoms with Crippen molar-refractivity contribution in [2.75, 3.05) is 39.8 Å². The van der Waals surface area contributed by atoms with Gasteiger partial charge >= 0.3 is 24.0 Å². The lowest BCUT2D eigenvalue weighted by molar-refractivity contribution is -0.274. The van der Waals surface area contributed by atoms with E-state index in [0.29, 0.717) is 11.4 Å². The first-order valence-corrected chi connectivity index (χ1v) is 6.12. The number of nitrogens with zero attached hydrogens (tertiary/aromatic N) is 2. The molecule has 0 unspecified atom stereocenters. The van der Waals surface area contributed by atoms with Crippen molar-refractivity contribution in [3.05, 3.63) is 0 Å². The summed E-state index contributed by atoms with van der Waals surface area (Å²) in [6.07, 6.45) is -5.81. The van der Waals surface area contributed by atoms with Crippen LogP contribution in [0.1, 0.15) is 6.42 Å². The predicted octanol–water partition coefficient (Wildman–Crippen LogP) is 0.891. The van der Waals surface area contributed by atoms with Crippen LogP contribution in [0.25, 0.3) is 0 Å².